The Labute approximate surface area is 133 Å². The Morgan fingerprint density at radius 1 is 1.10 bits per heavy atom. The molecule has 114 valence electrons. The van der Waals surface area contributed by atoms with Gasteiger partial charge in [-0.05, 0) is 37.8 Å². The third-order valence-corrected chi connectivity index (χ3v) is 4.54. The molecule has 0 saturated heterocycles. The first kappa shape index (κ1) is 16.1. The number of rotatable bonds is 7. The third kappa shape index (κ3) is 4.10. The quantitative estimate of drug-likeness (QED) is 0.649. The summed E-state index contributed by atoms with van der Waals surface area (Å²) < 4.78 is 2.11. The average Bonchev–Trinajstić information content (AvgIpc) is 2.96. The molecule has 1 aromatic heterocycles. The van der Waals surface area contributed by atoms with Gasteiger partial charge in [0.15, 0.2) is 0 Å². The molecule has 1 heterocycles. The van der Waals surface area contributed by atoms with Crippen molar-refractivity contribution in [1.29, 1.82) is 0 Å². The Morgan fingerprint density at radius 2 is 1.76 bits per heavy atom. The van der Waals surface area contributed by atoms with E-state index in [4.69, 9.17) is 16.7 Å². The Balaban J connectivity index is 2.10. The third-order valence-electron chi connectivity index (χ3n) is 4.17. The van der Waals surface area contributed by atoms with Crippen LogP contribution in [-0.4, -0.2) is 15.7 Å². The highest BCUT2D eigenvalue weighted by Crippen LogP contribution is 2.23. The lowest BCUT2D eigenvalue weighted by molar-refractivity contribution is 0.424. The molecule has 0 N–H and O–H groups in total. The van der Waals surface area contributed by atoms with Gasteiger partial charge in [-0.15, -0.1) is 11.6 Å². The van der Waals surface area contributed by atoms with Crippen LogP contribution in [0.5, 0.6) is 0 Å². The van der Waals surface area contributed by atoms with Gasteiger partial charge in [-0.1, -0.05) is 43.7 Å². The largest absolute Gasteiger partial charge is 0.269 e. The molecule has 1 unspecified atom stereocenters. The summed E-state index contributed by atoms with van der Waals surface area (Å²) in [5.74, 6) is 0.957. The first-order chi connectivity index (χ1) is 10.2. The highest BCUT2D eigenvalue weighted by molar-refractivity contribution is 6.18. The van der Waals surface area contributed by atoms with Crippen molar-refractivity contribution < 1.29 is 0 Å². The number of hydrogen-bond donors (Lipinski definition) is 0. The highest BCUT2D eigenvalue weighted by atomic mass is 35.5. The molecule has 2 aromatic rings. The maximum absolute atomic E-state index is 6.18. The molecule has 0 aliphatic rings. The predicted molar refractivity (Wildman–Crippen MR) is 90.2 cm³/mol. The van der Waals surface area contributed by atoms with Crippen LogP contribution >= 0.6 is 11.6 Å². The van der Waals surface area contributed by atoms with Gasteiger partial charge in [0.1, 0.15) is 0 Å². The van der Waals surface area contributed by atoms with Crippen LogP contribution in [-0.2, 0) is 6.42 Å². The van der Waals surface area contributed by atoms with E-state index < -0.39 is 0 Å². The number of hydrogen-bond acceptors (Lipinski definition) is 1. The van der Waals surface area contributed by atoms with Gasteiger partial charge in [-0.3, -0.25) is 4.68 Å². The molecular weight excluding hydrogens is 280 g/mol. The van der Waals surface area contributed by atoms with Gasteiger partial charge in [-0.2, -0.15) is 5.10 Å². The van der Waals surface area contributed by atoms with E-state index in [1.165, 1.54) is 11.1 Å². The summed E-state index contributed by atoms with van der Waals surface area (Å²) in [7, 11) is 0. The molecule has 2 nitrogen and oxygen atoms in total. The molecule has 0 radical (unpaired) electrons. The molecule has 21 heavy (non-hydrogen) atoms. The van der Waals surface area contributed by atoms with Crippen molar-refractivity contribution >= 4 is 11.6 Å². The van der Waals surface area contributed by atoms with Crippen molar-refractivity contribution in [2.45, 2.75) is 52.0 Å². The summed E-state index contributed by atoms with van der Waals surface area (Å²) in [6, 6.07) is 11.3. The monoisotopic (exact) mass is 304 g/mol. The zero-order valence-electron chi connectivity index (χ0n) is 13.2. The maximum Gasteiger partial charge on any atom is 0.0631 e. The van der Waals surface area contributed by atoms with Gasteiger partial charge in [0.25, 0.3) is 0 Å². The van der Waals surface area contributed by atoms with Crippen LogP contribution in [0.15, 0.2) is 36.5 Å². The fourth-order valence-electron chi connectivity index (χ4n) is 2.70. The first-order valence-corrected chi connectivity index (χ1v) is 8.37. The molecule has 0 bridgehead atoms. The number of nitrogens with zero attached hydrogens (tertiary/aromatic N) is 2. The van der Waals surface area contributed by atoms with Crippen molar-refractivity contribution in [3.05, 3.63) is 53.3 Å². The summed E-state index contributed by atoms with van der Waals surface area (Å²) in [4.78, 5) is 0. The van der Waals surface area contributed by atoms with Crippen molar-refractivity contribution in [2.24, 2.45) is 0 Å². The lowest BCUT2D eigenvalue weighted by Crippen LogP contribution is -2.09. The van der Waals surface area contributed by atoms with Gasteiger partial charge in [0, 0.05) is 18.0 Å². The second kappa shape index (κ2) is 7.65. The van der Waals surface area contributed by atoms with Gasteiger partial charge >= 0.3 is 0 Å². The van der Waals surface area contributed by atoms with Crippen LogP contribution in [0.3, 0.4) is 0 Å². The summed E-state index contributed by atoms with van der Waals surface area (Å²) in [6.07, 6.45) is 5.25. The fourth-order valence-corrected chi connectivity index (χ4v) is 2.99. The molecule has 0 saturated carbocycles. The average molecular weight is 305 g/mol. The Bertz CT molecular complexity index is 541. The number of benzene rings is 1. The summed E-state index contributed by atoms with van der Waals surface area (Å²) in [5.41, 5.74) is 3.71. The van der Waals surface area contributed by atoms with Crippen LogP contribution in [0.25, 0.3) is 0 Å². The Kier molecular flexibility index (Phi) is 5.86. The number of alkyl halides is 1. The van der Waals surface area contributed by atoms with E-state index >= 15 is 0 Å². The molecule has 0 aliphatic carbocycles. The van der Waals surface area contributed by atoms with E-state index in [2.05, 4.69) is 62.0 Å². The van der Waals surface area contributed by atoms with Crippen molar-refractivity contribution in [3.8, 4) is 0 Å². The van der Waals surface area contributed by atoms with Crippen molar-refractivity contribution in [1.82, 2.24) is 9.78 Å². The van der Waals surface area contributed by atoms with E-state index in [1.807, 2.05) is 0 Å². The van der Waals surface area contributed by atoms with Crippen LogP contribution < -0.4 is 0 Å². The van der Waals surface area contributed by atoms with Gasteiger partial charge in [0.05, 0.1) is 11.7 Å². The minimum Gasteiger partial charge on any atom is -0.269 e. The van der Waals surface area contributed by atoms with E-state index in [-0.39, 0.29) is 0 Å². The summed E-state index contributed by atoms with van der Waals surface area (Å²) in [5, 5.41) is 4.74. The molecule has 3 heteroatoms. The van der Waals surface area contributed by atoms with Crippen molar-refractivity contribution in [2.75, 3.05) is 5.88 Å². The van der Waals surface area contributed by atoms with Crippen LogP contribution in [0, 0.1) is 6.92 Å². The summed E-state index contributed by atoms with van der Waals surface area (Å²) >= 11 is 6.18. The topological polar surface area (TPSA) is 17.8 Å². The standard InChI is InChI=1S/C18H25ClN2/c1-4-18(5-2)21-11-10-17(20-21)12-16(13-19)15-8-6-14(3)7-9-15/h6-11,16,18H,4-5,12-13H2,1-3H3. The van der Waals surface area contributed by atoms with Crippen LogP contribution in [0.1, 0.15) is 55.5 Å². The molecule has 0 amide bonds. The molecule has 0 spiro atoms. The lowest BCUT2D eigenvalue weighted by Gasteiger charge is -2.14. The van der Waals surface area contributed by atoms with E-state index in [1.54, 1.807) is 0 Å². The fraction of sp³-hybridized carbons (Fsp3) is 0.500. The van der Waals surface area contributed by atoms with Crippen molar-refractivity contribution in [3.63, 3.8) is 0 Å². The molecule has 2 rings (SSSR count). The van der Waals surface area contributed by atoms with E-state index in [0.717, 1.165) is 25.0 Å². The second-order valence-electron chi connectivity index (χ2n) is 5.72. The van der Waals surface area contributed by atoms with E-state index in [9.17, 15) is 0 Å². The molecule has 1 atom stereocenters. The normalized spacial score (nSPS) is 12.8. The Hall–Kier alpha value is -1.28. The number of halogens is 1. The molecule has 0 aliphatic heterocycles. The van der Waals surface area contributed by atoms with Crippen LogP contribution in [0.2, 0.25) is 0 Å². The SMILES string of the molecule is CCC(CC)n1ccc(CC(CCl)c2ccc(C)cc2)n1. The second-order valence-corrected chi connectivity index (χ2v) is 6.03. The smallest absolute Gasteiger partial charge is 0.0631 e. The van der Waals surface area contributed by atoms with Crippen LogP contribution in [0.4, 0.5) is 0 Å². The Morgan fingerprint density at radius 3 is 2.33 bits per heavy atom. The zero-order valence-corrected chi connectivity index (χ0v) is 14.0. The maximum atomic E-state index is 6.18. The highest BCUT2D eigenvalue weighted by Gasteiger charge is 2.14. The molecular formula is C18H25ClN2. The van der Waals surface area contributed by atoms with Gasteiger partial charge < -0.3 is 0 Å². The predicted octanol–water partition coefficient (Wildman–Crippen LogP) is 5.12. The minimum atomic E-state index is 0.331. The summed E-state index contributed by atoms with van der Waals surface area (Å²) in [6.45, 7) is 6.53. The molecule has 0 fully saturated rings. The minimum absolute atomic E-state index is 0.331. The van der Waals surface area contributed by atoms with Gasteiger partial charge in [-0.25, -0.2) is 0 Å². The number of aromatic nitrogens is 2. The molecule has 1 aromatic carbocycles. The van der Waals surface area contributed by atoms with E-state index in [0.29, 0.717) is 17.8 Å². The lowest BCUT2D eigenvalue weighted by atomic mass is 9.95. The zero-order chi connectivity index (χ0) is 15.2. The van der Waals surface area contributed by atoms with Gasteiger partial charge in [0.2, 0.25) is 0 Å². The first-order valence-electron chi connectivity index (χ1n) is 7.84. The number of aryl methyl sites for hydroxylation is 1.